The minimum absolute atomic E-state index is 0.0641. The SMILES string of the molecule is COC(=O)c1cccc(-n2c(C)cc(/C=N\Nc3ncccc3[N+](=O)[O-])c2C)c1C. The van der Waals surface area contributed by atoms with E-state index >= 15 is 0 Å². The Morgan fingerprint density at radius 3 is 2.73 bits per heavy atom. The molecule has 154 valence electrons. The molecule has 0 aliphatic heterocycles. The molecule has 1 aromatic carbocycles. The van der Waals surface area contributed by atoms with E-state index in [4.69, 9.17) is 4.74 Å². The van der Waals surface area contributed by atoms with Crippen molar-refractivity contribution >= 4 is 23.7 Å². The molecular weight excluding hydrogens is 386 g/mol. The molecule has 0 unspecified atom stereocenters. The molecule has 0 amide bonds. The van der Waals surface area contributed by atoms with Crippen LogP contribution < -0.4 is 5.43 Å². The number of aromatic nitrogens is 2. The van der Waals surface area contributed by atoms with Gasteiger partial charge >= 0.3 is 11.7 Å². The maximum absolute atomic E-state index is 12.0. The summed E-state index contributed by atoms with van der Waals surface area (Å²) in [6.45, 7) is 5.75. The zero-order valence-corrected chi connectivity index (χ0v) is 17.0. The van der Waals surface area contributed by atoms with E-state index in [9.17, 15) is 14.9 Å². The average molecular weight is 407 g/mol. The molecule has 9 heteroatoms. The molecule has 1 N–H and O–H groups in total. The monoisotopic (exact) mass is 407 g/mol. The lowest BCUT2D eigenvalue weighted by molar-refractivity contribution is -0.384. The second-order valence-electron chi connectivity index (χ2n) is 6.60. The summed E-state index contributed by atoms with van der Waals surface area (Å²) in [5.74, 6) is -0.325. The number of methoxy groups -OCH3 is 1. The van der Waals surface area contributed by atoms with Crippen molar-refractivity contribution in [3.8, 4) is 5.69 Å². The number of aryl methyl sites for hydroxylation is 1. The number of pyridine rings is 1. The predicted octanol–water partition coefficient (Wildman–Crippen LogP) is 3.94. The highest BCUT2D eigenvalue weighted by Gasteiger charge is 2.17. The molecule has 3 rings (SSSR count). The number of nitro groups is 1. The molecule has 2 aromatic heterocycles. The quantitative estimate of drug-likeness (QED) is 0.287. The van der Waals surface area contributed by atoms with Gasteiger partial charge in [-0.15, -0.1) is 0 Å². The van der Waals surface area contributed by atoms with Crippen molar-refractivity contribution < 1.29 is 14.5 Å². The lowest BCUT2D eigenvalue weighted by atomic mass is 10.1. The smallest absolute Gasteiger partial charge is 0.338 e. The highest BCUT2D eigenvalue weighted by Crippen LogP contribution is 2.25. The molecule has 0 aliphatic carbocycles. The number of nitrogens with zero attached hydrogens (tertiary/aromatic N) is 4. The first-order valence-corrected chi connectivity index (χ1v) is 9.11. The number of esters is 1. The van der Waals surface area contributed by atoms with Crippen LogP contribution in [0.15, 0.2) is 47.7 Å². The Bertz CT molecular complexity index is 1150. The summed E-state index contributed by atoms with van der Waals surface area (Å²) in [6, 6.07) is 10.3. The summed E-state index contributed by atoms with van der Waals surface area (Å²) >= 11 is 0. The maximum atomic E-state index is 12.0. The van der Waals surface area contributed by atoms with Crippen LogP contribution in [0.2, 0.25) is 0 Å². The number of rotatable bonds is 6. The number of hydrazone groups is 1. The fourth-order valence-corrected chi connectivity index (χ4v) is 3.28. The Balaban J connectivity index is 1.93. The van der Waals surface area contributed by atoms with E-state index in [1.807, 2.05) is 43.5 Å². The molecule has 0 bridgehead atoms. The number of ether oxygens (including phenoxy) is 1. The fourth-order valence-electron chi connectivity index (χ4n) is 3.28. The number of benzene rings is 1. The first-order valence-electron chi connectivity index (χ1n) is 9.11. The number of carbonyl (C=O) groups excluding carboxylic acids is 1. The van der Waals surface area contributed by atoms with E-state index in [0.717, 1.165) is 28.2 Å². The van der Waals surface area contributed by atoms with Crippen LogP contribution in [0.3, 0.4) is 0 Å². The second-order valence-corrected chi connectivity index (χ2v) is 6.60. The van der Waals surface area contributed by atoms with Crippen molar-refractivity contribution in [3.05, 3.63) is 80.8 Å². The van der Waals surface area contributed by atoms with Crippen molar-refractivity contribution in [2.24, 2.45) is 5.10 Å². The van der Waals surface area contributed by atoms with Crippen LogP contribution in [0.25, 0.3) is 5.69 Å². The average Bonchev–Trinajstić information content (AvgIpc) is 3.01. The zero-order valence-electron chi connectivity index (χ0n) is 17.0. The van der Waals surface area contributed by atoms with Crippen LogP contribution in [0.4, 0.5) is 11.5 Å². The van der Waals surface area contributed by atoms with Crippen molar-refractivity contribution in [3.63, 3.8) is 0 Å². The number of anilines is 1. The summed E-state index contributed by atoms with van der Waals surface area (Å²) in [5, 5.41) is 15.2. The lowest BCUT2D eigenvalue weighted by Crippen LogP contribution is -2.08. The van der Waals surface area contributed by atoms with Crippen molar-refractivity contribution in [1.82, 2.24) is 9.55 Å². The van der Waals surface area contributed by atoms with Crippen molar-refractivity contribution in [2.45, 2.75) is 20.8 Å². The molecule has 2 heterocycles. The van der Waals surface area contributed by atoms with Gasteiger partial charge < -0.3 is 9.30 Å². The van der Waals surface area contributed by atoms with E-state index in [2.05, 4.69) is 15.5 Å². The molecule has 0 saturated carbocycles. The van der Waals surface area contributed by atoms with Crippen LogP contribution in [-0.4, -0.2) is 33.8 Å². The van der Waals surface area contributed by atoms with Gasteiger partial charge in [-0.3, -0.25) is 15.5 Å². The summed E-state index contributed by atoms with van der Waals surface area (Å²) in [4.78, 5) is 26.5. The molecule has 0 spiro atoms. The van der Waals surface area contributed by atoms with E-state index in [0.29, 0.717) is 5.56 Å². The van der Waals surface area contributed by atoms with Crippen molar-refractivity contribution in [2.75, 3.05) is 12.5 Å². The van der Waals surface area contributed by atoms with Crippen LogP contribution in [0.5, 0.6) is 0 Å². The van der Waals surface area contributed by atoms with Crippen LogP contribution >= 0.6 is 0 Å². The van der Waals surface area contributed by atoms with E-state index in [1.165, 1.54) is 25.4 Å². The summed E-state index contributed by atoms with van der Waals surface area (Å²) in [7, 11) is 1.36. The van der Waals surface area contributed by atoms with Gasteiger partial charge in [0.05, 0.1) is 23.8 Å². The minimum Gasteiger partial charge on any atom is -0.465 e. The maximum Gasteiger partial charge on any atom is 0.338 e. The normalized spacial score (nSPS) is 10.9. The van der Waals surface area contributed by atoms with E-state index in [-0.39, 0.29) is 17.5 Å². The number of hydrogen-bond donors (Lipinski definition) is 1. The van der Waals surface area contributed by atoms with Gasteiger partial charge in [-0.25, -0.2) is 9.78 Å². The summed E-state index contributed by atoms with van der Waals surface area (Å²) in [6.07, 6.45) is 3.03. The Morgan fingerprint density at radius 1 is 1.27 bits per heavy atom. The first-order chi connectivity index (χ1) is 14.3. The standard InChI is InChI=1S/C21H21N5O4/c1-13-11-16(12-23-24-20-19(26(28)29)9-6-10-22-20)15(3)25(13)18-8-5-7-17(14(18)2)21(27)30-4/h5-12H,1-4H3,(H,22,24)/b23-12-. The fraction of sp³-hybridized carbons (Fsp3) is 0.190. The highest BCUT2D eigenvalue weighted by molar-refractivity contribution is 5.92. The Morgan fingerprint density at radius 2 is 2.03 bits per heavy atom. The van der Waals surface area contributed by atoms with Crippen LogP contribution in [0, 0.1) is 30.9 Å². The largest absolute Gasteiger partial charge is 0.465 e. The van der Waals surface area contributed by atoms with Gasteiger partial charge in [-0.05, 0) is 50.6 Å². The molecular formula is C21H21N5O4. The van der Waals surface area contributed by atoms with Gasteiger partial charge in [-0.1, -0.05) is 6.07 Å². The van der Waals surface area contributed by atoms with Gasteiger partial charge in [0.25, 0.3) is 0 Å². The summed E-state index contributed by atoms with van der Waals surface area (Å²) < 4.78 is 6.88. The predicted molar refractivity (Wildman–Crippen MR) is 113 cm³/mol. The van der Waals surface area contributed by atoms with Crippen LogP contribution in [-0.2, 0) is 4.74 Å². The van der Waals surface area contributed by atoms with Gasteiger partial charge in [0.1, 0.15) is 0 Å². The van der Waals surface area contributed by atoms with Crippen LogP contribution in [0.1, 0.15) is 32.9 Å². The number of nitrogens with one attached hydrogen (secondary N) is 1. The molecule has 3 aromatic rings. The zero-order chi connectivity index (χ0) is 21.8. The third kappa shape index (κ3) is 3.90. The van der Waals surface area contributed by atoms with Gasteiger partial charge in [0, 0.05) is 34.9 Å². The molecule has 0 atom stereocenters. The highest BCUT2D eigenvalue weighted by atomic mass is 16.6. The first kappa shape index (κ1) is 20.7. The molecule has 0 aliphatic rings. The number of carbonyl (C=O) groups is 1. The van der Waals surface area contributed by atoms with E-state index in [1.54, 1.807) is 12.3 Å². The second kappa shape index (κ2) is 8.56. The van der Waals surface area contributed by atoms with E-state index < -0.39 is 4.92 Å². The van der Waals surface area contributed by atoms with Gasteiger partial charge in [-0.2, -0.15) is 5.10 Å². The number of hydrogen-bond acceptors (Lipinski definition) is 7. The molecule has 9 nitrogen and oxygen atoms in total. The summed E-state index contributed by atoms with van der Waals surface area (Å²) in [5.41, 5.74) is 7.31. The molecule has 30 heavy (non-hydrogen) atoms. The van der Waals surface area contributed by atoms with Gasteiger partial charge in [0.15, 0.2) is 0 Å². The minimum atomic E-state index is -0.520. The molecule has 0 saturated heterocycles. The Kier molecular flexibility index (Phi) is 5.91. The topological polar surface area (TPSA) is 112 Å². The molecule has 0 radical (unpaired) electrons. The third-order valence-electron chi connectivity index (χ3n) is 4.78. The Labute approximate surface area is 173 Å². The van der Waals surface area contributed by atoms with Crippen molar-refractivity contribution in [1.29, 1.82) is 0 Å². The lowest BCUT2D eigenvalue weighted by Gasteiger charge is -2.15. The van der Waals surface area contributed by atoms with Gasteiger partial charge in [0.2, 0.25) is 5.82 Å². The molecule has 0 fully saturated rings. The Hall–Kier alpha value is -4.01. The third-order valence-corrected chi connectivity index (χ3v) is 4.78.